The van der Waals surface area contributed by atoms with Crippen LogP contribution in [0.15, 0.2) is 24.3 Å². The first-order valence-electron chi connectivity index (χ1n) is 5.33. The molecule has 6 nitrogen and oxygen atoms in total. The molecule has 0 fully saturated rings. The van der Waals surface area contributed by atoms with Gasteiger partial charge in [-0.3, -0.25) is 14.9 Å². The van der Waals surface area contributed by atoms with Crippen molar-refractivity contribution < 1.29 is 19.2 Å². The van der Waals surface area contributed by atoms with Crippen molar-refractivity contribution in [3.05, 3.63) is 48.6 Å². The summed E-state index contributed by atoms with van der Waals surface area (Å²) in [7, 11) is 0. The van der Waals surface area contributed by atoms with E-state index in [1.165, 1.54) is 12.1 Å². The second kappa shape index (κ2) is 6.80. The number of halogens is 2. The maximum atomic E-state index is 12.1. The van der Waals surface area contributed by atoms with Gasteiger partial charge in [-0.25, -0.2) is 4.79 Å². The molecule has 0 spiro atoms. The lowest BCUT2D eigenvalue weighted by atomic mass is 10.0. The number of Topliss-reactive ketones (excluding diaryl/α,β-unsaturated/α-hetero) is 1. The fraction of sp³-hybridized carbons (Fsp3) is 0.167. The quantitative estimate of drug-likeness (QED) is 0.109. The number of carbonyl (C=O) groups excluding carboxylic acids is 2. The molecule has 20 heavy (non-hydrogen) atoms. The highest BCUT2D eigenvalue weighted by molar-refractivity contribution is 14.1. The van der Waals surface area contributed by atoms with E-state index in [4.69, 9.17) is 11.6 Å². The fourth-order valence-corrected chi connectivity index (χ4v) is 2.22. The van der Waals surface area contributed by atoms with Crippen molar-refractivity contribution in [3.63, 3.8) is 0 Å². The van der Waals surface area contributed by atoms with Crippen molar-refractivity contribution in [1.29, 1.82) is 0 Å². The van der Waals surface area contributed by atoms with Crippen molar-refractivity contribution >= 4 is 51.6 Å². The number of nitro benzene ring substituents is 1. The Bertz CT molecular complexity index is 614. The summed E-state index contributed by atoms with van der Waals surface area (Å²) in [6.07, 6.45) is 0. The van der Waals surface area contributed by atoms with E-state index in [9.17, 15) is 19.7 Å². The normalized spacial score (nSPS) is 9.95. The first kappa shape index (κ1) is 16.6. The minimum absolute atomic E-state index is 0.0886. The second-order valence-corrected chi connectivity index (χ2v) is 5.20. The minimum atomic E-state index is -0.880. The average Bonchev–Trinajstić information content (AvgIpc) is 2.39. The van der Waals surface area contributed by atoms with Crippen molar-refractivity contribution in [3.8, 4) is 0 Å². The smallest absolute Gasteiger partial charge is 0.341 e. The first-order chi connectivity index (χ1) is 9.29. The van der Waals surface area contributed by atoms with Crippen molar-refractivity contribution in [2.45, 2.75) is 6.92 Å². The van der Waals surface area contributed by atoms with E-state index in [0.29, 0.717) is 3.57 Å². The molecule has 1 aromatic rings. The number of esters is 1. The van der Waals surface area contributed by atoms with Crippen molar-refractivity contribution in [2.24, 2.45) is 0 Å². The molecule has 0 bridgehead atoms. The summed E-state index contributed by atoms with van der Waals surface area (Å²) >= 11 is 7.65. The van der Waals surface area contributed by atoms with Crippen molar-refractivity contribution in [2.75, 3.05) is 6.61 Å². The predicted octanol–water partition coefficient (Wildman–Crippen LogP) is 3.15. The number of hydrogen-bond donors (Lipinski definition) is 0. The van der Waals surface area contributed by atoms with Gasteiger partial charge in [0.1, 0.15) is 10.6 Å². The lowest BCUT2D eigenvalue weighted by Crippen LogP contribution is -2.16. The van der Waals surface area contributed by atoms with Crippen LogP contribution in [-0.2, 0) is 9.53 Å². The molecule has 0 aliphatic rings. The van der Waals surface area contributed by atoms with E-state index in [2.05, 4.69) is 11.3 Å². The van der Waals surface area contributed by atoms with Gasteiger partial charge in [0.2, 0.25) is 5.78 Å². The monoisotopic (exact) mass is 409 g/mol. The summed E-state index contributed by atoms with van der Waals surface area (Å²) in [5.74, 6) is -1.68. The Labute approximate surface area is 133 Å². The van der Waals surface area contributed by atoms with E-state index < -0.39 is 27.9 Å². The molecule has 0 aliphatic heterocycles. The third-order valence-corrected chi connectivity index (χ3v) is 3.28. The van der Waals surface area contributed by atoms with Gasteiger partial charge in [-0.1, -0.05) is 18.2 Å². The van der Waals surface area contributed by atoms with E-state index in [1.807, 2.05) is 22.6 Å². The van der Waals surface area contributed by atoms with Crippen LogP contribution in [-0.4, -0.2) is 23.3 Å². The lowest BCUT2D eigenvalue weighted by molar-refractivity contribution is -0.384. The Balaban J connectivity index is 3.26. The summed E-state index contributed by atoms with van der Waals surface area (Å²) in [5, 5.41) is 10.5. The number of rotatable bonds is 5. The lowest BCUT2D eigenvalue weighted by Gasteiger charge is -2.07. The molecule has 1 rings (SSSR count). The van der Waals surface area contributed by atoms with Crippen LogP contribution >= 0.6 is 34.2 Å². The molecule has 0 N–H and O–H groups in total. The van der Waals surface area contributed by atoms with Crippen LogP contribution in [0.4, 0.5) is 5.69 Å². The third kappa shape index (κ3) is 3.54. The molecular weight excluding hydrogens is 400 g/mol. The molecule has 0 aromatic heterocycles. The summed E-state index contributed by atoms with van der Waals surface area (Å²) in [6, 6.07) is 2.58. The third-order valence-electron chi connectivity index (χ3n) is 2.26. The number of hydrogen-bond acceptors (Lipinski definition) is 5. The molecule has 0 aliphatic carbocycles. The molecule has 106 valence electrons. The van der Waals surface area contributed by atoms with Crippen LogP contribution in [0, 0.1) is 13.7 Å². The molecule has 1 aromatic carbocycles. The molecule has 8 heteroatoms. The van der Waals surface area contributed by atoms with Gasteiger partial charge in [-0.15, -0.1) is 0 Å². The number of ketones is 1. The van der Waals surface area contributed by atoms with Gasteiger partial charge in [-0.05, 0) is 35.6 Å². The van der Waals surface area contributed by atoms with Crippen LogP contribution in [0.1, 0.15) is 17.3 Å². The minimum Gasteiger partial charge on any atom is -0.462 e. The van der Waals surface area contributed by atoms with Crippen LogP contribution in [0.5, 0.6) is 0 Å². The molecule has 0 amide bonds. The first-order valence-corrected chi connectivity index (χ1v) is 6.79. The van der Waals surface area contributed by atoms with Crippen molar-refractivity contribution in [1.82, 2.24) is 0 Å². The molecule has 0 atom stereocenters. The van der Waals surface area contributed by atoms with Gasteiger partial charge in [0.05, 0.1) is 11.5 Å². The highest BCUT2D eigenvalue weighted by atomic mass is 127. The topological polar surface area (TPSA) is 86.5 Å². The highest BCUT2D eigenvalue weighted by Crippen LogP contribution is 2.31. The van der Waals surface area contributed by atoms with Gasteiger partial charge in [0, 0.05) is 15.2 Å². The molecule has 0 saturated heterocycles. The van der Waals surface area contributed by atoms with Gasteiger partial charge >= 0.3 is 5.97 Å². The average molecular weight is 410 g/mol. The van der Waals surface area contributed by atoms with E-state index in [-0.39, 0.29) is 17.2 Å². The molecule has 0 saturated carbocycles. The fourth-order valence-electron chi connectivity index (χ4n) is 1.35. The molecular formula is C12H9ClINO5. The van der Waals surface area contributed by atoms with E-state index in [0.717, 1.165) is 0 Å². The van der Waals surface area contributed by atoms with Gasteiger partial charge in [0.25, 0.3) is 5.69 Å². The number of carbonyl (C=O) groups is 2. The number of benzene rings is 1. The molecule has 0 unspecified atom stereocenters. The Morgan fingerprint density at radius 3 is 2.60 bits per heavy atom. The van der Waals surface area contributed by atoms with E-state index >= 15 is 0 Å². The second-order valence-electron chi connectivity index (χ2n) is 3.57. The van der Waals surface area contributed by atoms with Gasteiger partial charge < -0.3 is 4.74 Å². The Morgan fingerprint density at radius 1 is 1.50 bits per heavy atom. The van der Waals surface area contributed by atoms with Crippen LogP contribution < -0.4 is 0 Å². The van der Waals surface area contributed by atoms with Crippen LogP contribution in [0.2, 0.25) is 5.02 Å². The Hall–Kier alpha value is -1.48. The number of nitrogens with zero attached hydrogens (tertiary/aromatic N) is 1. The standard InChI is InChI=1S/C12H9ClINO5/c1-3-20-12(17)6(2)11(16)8-4-7(14)5-9(10(8)13)15(18)19/h4-5H,2-3H2,1H3. The summed E-state index contributed by atoms with van der Waals surface area (Å²) < 4.78 is 5.10. The van der Waals surface area contributed by atoms with Gasteiger partial charge in [-0.2, -0.15) is 0 Å². The Morgan fingerprint density at radius 2 is 2.10 bits per heavy atom. The summed E-state index contributed by atoms with van der Waals surface area (Å²) in [4.78, 5) is 33.7. The maximum Gasteiger partial charge on any atom is 0.341 e. The summed E-state index contributed by atoms with van der Waals surface area (Å²) in [5.41, 5.74) is -0.980. The zero-order chi connectivity index (χ0) is 15.4. The maximum absolute atomic E-state index is 12.1. The zero-order valence-electron chi connectivity index (χ0n) is 10.3. The van der Waals surface area contributed by atoms with E-state index in [1.54, 1.807) is 6.92 Å². The van der Waals surface area contributed by atoms with Gasteiger partial charge in [0.15, 0.2) is 0 Å². The predicted molar refractivity (Wildman–Crippen MR) is 80.9 cm³/mol. The molecule has 0 heterocycles. The number of ether oxygens (including phenoxy) is 1. The largest absolute Gasteiger partial charge is 0.462 e. The number of nitro groups is 1. The van der Waals surface area contributed by atoms with Crippen LogP contribution in [0.3, 0.4) is 0 Å². The van der Waals surface area contributed by atoms with Crippen LogP contribution in [0.25, 0.3) is 0 Å². The molecule has 0 radical (unpaired) electrons. The SMILES string of the molecule is C=C(C(=O)OCC)C(=O)c1cc(I)cc([N+](=O)[O-])c1Cl. The zero-order valence-corrected chi connectivity index (χ0v) is 13.2. The highest BCUT2D eigenvalue weighted by Gasteiger charge is 2.26. The summed E-state index contributed by atoms with van der Waals surface area (Å²) in [6.45, 7) is 5.01. The Kier molecular flexibility index (Phi) is 5.63.